The minimum absolute atomic E-state index is 0.142. The van der Waals surface area contributed by atoms with E-state index >= 15 is 0 Å². The summed E-state index contributed by atoms with van der Waals surface area (Å²) in [6, 6.07) is 7.47. The van der Waals surface area contributed by atoms with Gasteiger partial charge in [-0.25, -0.2) is 4.39 Å². The van der Waals surface area contributed by atoms with E-state index in [9.17, 15) is 4.39 Å². The molecule has 1 aromatic rings. The lowest BCUT2D eigenvalue weighted by Crippen LogP contribution is -2.42. The average Bonchev–Trinajstić information content (AvgIpc) is 2.36. The van der Waals surface area contributed by atoms with Crippen LogP contribution in [0.2, 0.25) is 0 Å². The molecule has 0 spiro atoms. The summed E-state index contributed by atoms with van der Waals surface area (Å²) in [5.74, 6) is -0.142. The first kappa shape index (κ1) is 12.5. The van der Waals surface area contributed by atoms with Gasteiger partial charge in [0.1, 0.15) is 5.82 Å². The molecule has 0 saturated carbocycles. The van der Waals surface area contributed by atoms with Crippen molar-refractivity contribution in [2.75, 3.05) is 19.6 Å². The Balaban J connectivity index is 1.62. The van der Waals surface area contributed by atoms with Gasteiger partial charge in [-0.1, -0.05) is 18.6 Å². The van der Waals surface area contributed by atoms with Crippen molar-refractivity contribution >= 4 is 0 Å². The van der Waals surface area contributed by atoms with Gasteiger partial charge >= 0.3 is 0 Å². The Bertz CT molecular complexity index is 335. The van der Waals surface area contributed by atoms with Crippen LogP contribution in [0, 0.1) is 5.82 Å². The second kappa shape index (κ2) is 6.72. The number of rotatable bonds is 5. The summed E-state index contributed by atoms with van der Waals surface area (Å²) in [5.41, 5.74) is 1.06. The van der Waals surface area contributed by atoms with Crippen LogP contribution in [-0.2, 0) is 6.42 Å². The molecule has 1 atom stereocenters. The lowest BCUT2D eigenvalue weighted by molar-refractivity contribution is 0.384. The summed E-state index contributed by atoms with van der Waals surface area (Å²) >= 11 is 0. The molecule has 1 aliphatic heterocycles. The molecule has 17 heavy (non-hydrogen) atoms. The highest BCUT2D eigenvalue weighted by Crippen LogP contribution is 2.06. The van der Waals surface area contributed by atoms with Gasteiger partial charge in [0.2, 0.25) is 0 Å². The Morgan fingerprint density at radius 3 is 3.06 bits per heavy atom. The van der Waals surface area contributed by atoms with E-state index in [1.165, 1.54) is 25.3 Å². The maximum absolute atomic E-state index is 12.9. The van der Waals surface area contributed by atoms with Crippen molar-refractivity contribution in [2.45, 2.75) is 31.7 Å². The Morgan fingerprint density at radius 1 is 1.35 bits per heavy atom. The largest absolute Gasteiger partial charge is 0.315 e. The normalized spacial score (nSPS) is 20.4. The van der Waals surface area contributed by atoms with E-state index in [1.54, 1.807) is 12.1 Å². The molecule has 0 amide bonds. The van der Waals surface area contributed by atoms with Gasteiger partial charge in [0.25, 0.3) is 0 Å². The van der Waals surface area contributed by atoms with E-state index in [-0.39, 0.29) is 5.82 Å². The Hall–Kier alpha value is -0.930. The first-order chi connectivity index (χ1) is 8.34. The molecule has 1 aliphatic rings. The molecule has 2 N–H and O–H groups in total. The van der Waals surface area contributed by atoms with Crippen LogP contribution in [0.1, 0.15) is 24.8 Å². The van der Waals surface area contributed by atoms with Crippen LogP contribution in [0.15, 0.2) is 24.3 Å². The van der Waals surface area contributed by atoms with Crippen molar-refractivity contribution in [1.29, 1.82) is 0 Å². The summed E-state index contributed by atoms with van der Waals surface area (Å²) < 4.78 is 12.9. The number of piperidine rings is 1. The molecule has 1 aromatic carbocycles. The second-order valence-corrected chi connectivity index (χ2v) is 4.73. The molecule has 1 unspecified atom stereocenters. The summed E-state index contributed by atoms with van der Waals surface area (Å²) in [7, 11) is 0. The number of nitrogens with one attached hydrogen (secondary N) is 2. The number of hydrogen-bond donors (Lipinski definition) is 2. The van der Waals surface area contributed by atoms with E-state index in [4.69, 9.17) is 0 Å². The quantitative estimate of drug-likeness (QED) is 0.765. The van der Waals surface area contributed by atoms with Crippen LogP contribution in [0.4, 0.5) is 4.39 Å². The minimum atomic E-state index is -0.142. The van der Waals surface area contributed by atoms with Gasteiger partial charge < -0.3 is 10.6 Å². The molecule has 0 radical (unpaired) electrons. The average molecular weight is 236 g/mol. The highest BCUT2D eigenvalue weighted by atomic mass is 19.1. The maximum atomic E-state index is 12.9. The summed E-state index contributed by atoms with van der Waals surface area (Å²) in [4.78, 5) is 0. The molecule has 2 rings (SSSR count). The fourth-order valence-electron chi connectivity index (χ4n) is 2.30. The number of halogens is 1. The third kappa shape index (κ3) is 4.44. The summed E-state index contributed by atoms with van der Waals surface area (Å²) in [6.45, 7) is 3.09. The molecule has 2 nitrogen and oxygen atoms in total. The van der Waals surface area contributed by atoms with E-state index in [1.807, 2.05) is 6.07 Å². The minimum Gasteiger partial charge on any atom is -0.315 e. The SMILES string of the molecule is Fc1cccc(CCNCC2CCCCN2)c1. The predicted molar refractivity (Wildman–Crippen MR) is 68.6 cm³/mol. The molecule has 0 bridgehead atoms. The van der Waals surface area contributed by atoms with Crippen molar-refractivity contribution in [3.8, 4) is 0 Å². The molecular weight excluding hydrogens is 215 g/mol. The molecular formula is C14H21FN2. The summed E-state index contributed by atoms with van der Waals surface area (Å²) in [5, 5.41) is 6.94. The van der Waals surface area contributed by atoms with Crippen molar-refractivity contribution < 1.29 is 4.39 Å². The lowest BCUT2D eigenvalue weighted by Gasteiger charge is -2.23. The van der Waals surface area contributed by atoms with Gasteiger partial charge in [-0.05, 0) is 50.0 Å². The van der Waals surface area contributed by atoms with Crippen molar-refractivity contribution in [3.05, 3.63) is 35.6 Å². The third-order valence-electron chi connectivity index (χ3n) is 3.28. The fraction of sp³-hybridized carbons (Fsp3) is 0.571. The molecule has 0 aromatic heterocycles. The van der Waals surface area contributed by atoms with Crippen LogP contribution >= 0.6 is 0 Å². The van der Waals surface area contributed by atoms with Crippen molar-refractivity contribution in [3.63, 3.8) is 0 Å². The van der Waals surface area contributed by atoms with Gasteiger partial charge in [0.05, 0.1) is 0 Å². The van der Waals surface area contributed by atoms with Gasteiger partial charge in [-0.15, -0.1) is 0 Å². The Kier molecular flexibility index (Phi) is 4.95. The molecule has 1 heterocycles. The van der Waals surface area contributed by atoms with E-state index in [0.29, 0.717) is 6.04 Å². The zero-order valence-corrected chi connectivity index (χ0v) is 10.2. The van der Waals surface area contributed by atoms with E-state index < -0.39 is 0 Å². The standard InChI is InChI=1S/C14H21FN2/c15-13-5-3-4-12(10-13)7-9-16-11-14-6-1-2-8-17-14/h3-5,10,14,16-17H,1-2,6-9,11H2. The number of hydrogen-bond acceptors (Lipinski definition) is 2. The zero-order valence-electron chi connectivity index (χ0n) is 10.2. The first-order valence-corrected chi connectivity index (χ1v) is 6.53. The van der Waals surface area contributed by atoms with Crippen LogP contribution in [0.25, 0.3) is 0 Å². The topological polar surface area (TPSA) is 24.1 Å². The predicted octanol–water partition coefficient (Wildman–Crippen LogP) is 2.10. The van der Waals surface area contributed by atoms with Crippen molar-refractivity contribution in [2.24, 2.45) is 0 Å². The van der Waals surface area contributed by atoms with Crippen LogP contribution in [0.3, 0.4) is 0 Å². The monoisotopic (exact) mass is 236 g/mol. The molecule has 94 valence electrons. The van der Waals surface area contributed by atoms with Crippen LogP contribution in [-0.4, -0.2) is 25.7 Å². The molecule has 1 fully saturated rings. The van der Waals surface area contributed by atoms with Crippen molar-refractivity contribution in [1.82, 2.24) is 10.6 Å². The lowest BCUT2D eigenvalue weighted by atomic mass is 10.1. The highest BCUT2D eigenvalue weighted by Gasteiger charge is 2.11. The first-order valence-electron chi connectivity index (χ1n) is 6.53. The molecule has 1 saturated heterocycles. The van der Waals surface area contributed by atoms with E-state index in [0.717, 1.165) is 31.6 Å². The van der Waals surface area contributed by atoms with E-state index in [2.05, 4.69) is 10.6 Å². The maximum Gasteiger partial charge on any atom is 0.123 e. The fourth-order valence-corrected chi connectivity index (χ4v) is 2.30. The van der Waals surface area contributed by atoms with Gasteiger partial charge in [-0.2, -0.15) is 0 Å². The Morgan fingerprint density at radius 2 is 2.29 bits per heavy atom. The van der Waals surface area contributed by atoms with Gasteiger partial charge in [0, 0.05) is 12.6 Å². The van der Waals surface area contributed by atoms with Crippen LogP contribution < -0.4 is 10.6 Å². The zero-order chi connectivity index (χ0) is 11.9. The van der Waals surface area contributed by atoms with Gasteiger partial charge in [0.15, 0.2) is 0 Å². The van der Waals surface area contributed by atoms with Gasteiger partial charge in [-0.3, -0.25) is 0 Å². The smallest absolute Gasteiger partial charge is 0.123 e. The molecule has 0 aliphatic carbocycles. The van der Waals surface area contributed by atoms with Crippen LogP contribution in [0.5, 0.6) is 0 Å². The highest BCUT2D eigenvalue weighted by molar-refractivity contribution is 5.16. The summed E-state index contributed by atoms with van der Waals surface area (Å²) in [6.07, 6.45) is 4.81. The third-order valence-corrected chi connectivity index (χ3v) is 3.28. The number of benzene rings is 1. The molecule has 3 heteroatoms. The Labute approximate surface area is 103 Å². The second-order valence-electron chi connectivity index (χ2n) is 4.73.